The highest BCUT2D eigenvalue weighted by Gasteiger charge is 2.41. The molecule has 1 spiro atoms. The van der Waals surface area contributed by atoms with E-state index in [2.05, 4.69) is 31.0 Å². The molecule has 1 atom stereocenters. The number of anilines is 1. The molecule has 40 heavy (non-hydrogen) atoms. The second-order valence-corrected chi connectivity index (χ2v) is 12.2. The van der Waals surface area contributed by atoms with E-state index in [1.165, 1.54) is 11.3 Å². The van der Waals surface area contributed by atoms with Crippen LogP contribution in [0.25, 0.3) is 0 Å². The Bertz CT molecular complexity index is 1220. The monoisotopic (exact) mass is 568 g/mol. The van der Waals surface area contributed by atoms with Crippen molar-refractivity contribution in [2.24, 2.45) is 11.3 Å². The third-order valence-corrected chi connectivity index (χ3v) is 8.71. The van der Waals surface area contributed by atoms with Crippen LogP contribution < -0.4 is 20.7 Å². The number of hydrogen-bond acceptors (Lipinski definition) is 8. The number of amides is 3. The highest BCUT2D eigenvalue weighted by atomic mass is 32.1. The van der Waals surface area contributed by atoms with Gasteiger partial charge in [0.2, 0.25) is 16.9 Å². The number of carbonyl (C=O) groups excluding carboxylic acids is 3. The Labute approximate surface area is 240 Å². The number of para-hydroxylation sites is 1. The third-order valence-electron chi connectivity index (χ3n) is 7.57. The van der Waals surface area contributed by atoms with Gasteiger partial charge in [-0.1, -0.05) is 63.3 Å². The van der Waals surface area contributed by atoms with Gasteiger partial charge in [0.1, 0.15) is 17.4 Å². The van der Waals surface area contributed by atoms with E-state index >= 15 is 0 Å². The maximum Gasteiger partial charge on any atom is 0.255 e. The number of benzene rings is 1. The molecule has 2 aliphatic heterocycles. The summed E-state index contributed by atoms with van der Waals surface area (Å²) in [5.41, 5.74) is -0.130. The maximum absolute atomic E-state index is 13.8. The van der Waals surface area contributed by atoms with Crippen LogP contribution in [0.15, 0.2) is 36.4 Å². The highest BCUT2D eigenvalue weighted by molar-refractivity contribution is 7.15. The number of aromatic nitrogens is 2. The lowest BCUT2D eigenvalue weighted by atomic mass is 9.74. The van der Waals surface area contributed by atoms with E-state index in [9.17, 15) is 14.4 Å². The summed E-state index contributed by atoms with van der Waals surface area (Å²) >= 11 is 1.39. The molecule has 1 aromatic carbocycles. The normalized spacial score (nSPS) is 21.2. The summed E-state index contributed by atoms with van der Waals surface area (Å²) in [5.74, 6) is 0.564. The number of piperidine rings is 1. The van der Waals surface area contributed by atoms with Crippen molar-refractivity contribution in [3.05, 3.63) is 47.0 Å². The quantitative estimate of drug-likeness (QED) is 0.471. The molecule has 4 rings (SSSR count). The number of ether oxygens (including phenoxy) is 1. The summed E-state index contributed by atoms with van der Waals surface area (Å²) < 4.78 is 6.07. The molecule has 1 aromatic heterocycles. The molecule has 0 saturated carbocycles. The summed E-state index contributed by atoms with van der Waals surface area (Å²) in [4.78, 5) is 41.4. The Hall–Kier alpha value is -3.31. The van der Waals surface area contributed by atoms with Crippen molar-refractivity contribution in [1.82, 2.24) is 25.7 Å². The molecule has 0 aliphatic carbocycles. The Morgan fingerprint density at radius 2 is 1.90 bits per heavy atom. The van der Waals surface area contributed by atoms with Crippen LogP contribution in [0.5, 0.6) is 5.75 Å². The molecule has 0 bridgehead atoms. The summed E-state index contributed by atoms with van der Waals surface area (Å²) in [5, 5.41) is 18.6. The zero-order valence-corrected chi connectivity index (χ0v) is 24.6. The average molecular weight is 569 g/mol. The van der Waals surface area contributed by atoms with Crippen molar-refractivity contribution in [1.29, 1.82) is 0 Å². The van der Waals surface area contributed by atoms with Crippen LogP contribution in [0, 0.1) is 11.3 Å². The lowest BCUT2D eigenvalue weighted by Gasteiger charge is -2.41. The number of hydrogen-bond donors (Lipinski definition) is 3. The van der Waals surface area contributed by atoms with E-state index in [0.29, 0.717) is 55.3 Å². The Kier molecular flexibility index (Phi) is 9.91. The van der Waals surface area contributed by atoms with Crippen LogP contribution in [0.1, 0.15) is 68.2 Å². The number of likely N-dealkylation sites (tertiary alicyclic amines) is 1. The predicted molar refractivity (Wildman–Crippen MR) is 156 cm³/mol. The van der Waals surface area contributed by atoms with Crippen molar-refractivity contribution in [3.8, 4) is 5.75 Å². The van der Waals surface area contributed by atoms with Crippen molar-refractivity contribution in [3.63, 3.8) is 0 Å². The molecule has 0 radical (unpaired) electrons. The number of fused-ring (bicyclic) bond motifs is 1. The summed E-state index contributed by atoms with van der Waals surface area (Å²) in [6.07, 6.45) is 5.68. The van der Waals surface area contributed by atoms with Gasteiger partial charge < -0.3 is 15.4 Å². The van der Waals surface area contributed by atoms with E-state index in [1.807, 2.05) is 45.9 Å². The molecule has 216 valence electrons. The van der Waals surface area contributed by atoms with Crippen LogP contribution in [-0.2, 0) is 9.59 Å². The fourth-order valence-electron chi connectivity index (χ4n) is 4.86. The van der Waals surface area contributed by atoms with Crippen LogP contribution in [-0.4, -0.2) is 71.6 Å². The van der Waals surface area contributed by atoms with Gasteiger partial charge >= 0.3 is 0 Å². The molecule has 2 aromatic rings. The fourth-order valence-corrected chi connectivity index (χ4v) is 5.63. The second-order valence-electron chi connectivity index (χ2n) is 11.2. The minimum atomic E-state index is -0.603. The van der Waals surface area contributed by atoms with E-state index in [0.717, 1.165) is 5.01 Å². The SMILES string of the molecule is CC(C)c1nnc(NC(=O)CN2CCC3(C/C=C/CNC(=O)c4ccccc4OC[C@@H](C(C)C)NC3=O)CC2)s1. The van der Waals surface area contributed by atoms with Gasteiger partial charge in [-0.25, -0.2) is 0 Å². The molecule has 3 amide bonds. The van der Waals surface area contributed by atoms with E-state index < -0.39 is 5.41 Å². The van der Waals surface area contributed by atoms with Crippen molar-refractivity contribution >= 4 is 34.2 Å². The number of nitrogens with one attached hydrogen (secondary N) is 3. The first kappa shape index (κ1) is 29.7. The molecule has 3 heterocycles. The van der Waals surface area contributed by atoms with E-state index in [-0.39, 0.29) is 48.8 Å². The Balaban J connectivity index is 1.42. The zero-order valence-electron chi connectivity index (χ0n) is 23.7. The van der Waals surface area contributed by atoms with Gasteiger partial charge in [0.05, 0.1) is 23.6 Å². The fraction of sp³-hybridized carbons (Fsp3) is 0.552. The summed E-state index contributed by atoms with van der Waals surface area (Å²) in [7, 11) is 0. The van der Waals surface area contributed by atoms with Crippen LogP contribution in [0.3, 0.4) is 0 Å². The van der Waals surface area contributed by atoms with Crippen molar-refractivity contribution in [2.45, 2.75) is 58.9 Å². The molecule has 3 N–H and O–H groups in total. The van der Waals surface area contributed by atoms with E-state index in [1.54, 1.807) is 18.2 Å². The molecule has 2 aliphatic rings. The van der Waals surface area contributed by atoms with Gasteiger partial charge in [-0.05, 0) is 50.4 Å². The average Bonchev–Trinajstić information content (AvgIpc) is 3.40. The minimum Gasteiger partial charge on any atom is -0.491 e. The topological polar surface area (TPSA) is 126 Å². The molecule has 1 saturated heterocycles. The van der Waals surface area contributed by atoms with Gasteiger partial charge in [-0.2, -0.15) is 0 Å². The zero-order chi connectivity index (χ0) is 28.7. The molecule has 1 fully saturated rings. The van der Waals surface area contributed by atoms with Gasteiger partial charge in [0.25, 0.3) is 5.91 Å². The first-order valence-corrected chi connectivity index (χ1v) is 14.8. The molecule has 11 heteroatoms. The summed E-state index contributed by atoms with van der Waals surface area (Å²) in [6.45, 7) is 10.3. The molecular weight excluding hydrogens is 528 g/mol. The van der Waals surface area contributed by atoms with Gasteiger partial charge in [0.15, 0.2) is 0 Å². The number of rotatable bonds is 5. The largest absolute Gasteiger partial charge is 0.491 e. The molecule has 0 unspecified atom stereocenters. The van der Waals surface area contributed by atoms with Gasteiger partial charge in [-0.3, -0.25) is 24.6 Å². The van der Waals surface area contributed by atoms with Gasteiger partial charge in [0, 0.05) is 12.5 Å². The van der Waals surface area contributed by atoms with Crippen molar-refractivity contribution in [2.75, 3.05) is 38.1 Å². The van der Waals surface area contributed by atoms with Crippen LogP contribution in [0.2, 0.25) is 0 Å². The number of allylic oxidation sites excluding steroid dienone is 1. The second kappa shape index (κ2) is 13.4. The standard InChI is InChI=1S/C29H40N6O4S/c1-19(2)22-18-39-23-10-6-5-9-21(23)25(37)30-14-8-7-11-29(27(38)31-22)12-15-35(16-13-29)17-24(36)32-28-34-33-26(40-28)20(3)4/h5-10,19-20,22H,11-18H2,1-4H3,(H,30,37)(H,31,38)(H,32,34,36)/b8-7+/t22-/m0/s1. The smallest absolute Gasteiger partial charge is 0.255 e. The first-order chi connectivity index (χ1) is 19.2. The molecular formula is C29H40N6O4S. The minimum absolute atomic E-state index is 0.00741. The lowest BCUT2D eigenvalue weighted by molar-refractivity contribution is -0.135. The van der Waals surface area contributed by atoms with Crippen LogP contribution >= 0.6 is 11.3 Å². The lowest BCUT2D eigenvalue weighted by Crippen LogP contribution is -2.54. The number of nitrogens with zero attached hydrogens (tertiary/aromatic N) is 3. The predicted octanol–water partition coefficient (Wildman–Crippen LogP) is 3.59. The molecule has 10 nitrogen and oxygen atoms in total. The summed E-state index contributed by atoms with van der Waals surface area (Å²) in [6, 6.07) is 6.93. The van der Waals surface area contributed by atoms with Crippen molar-refractivity contribution < 1.29 is 19.1 Å². The first-order valence-electron chi connectivity index (χ1n) is 14.0. The van der Waals surface area contributed by atoms with Gasteiger partial charge in [-0.15, -0.1) is 10.2 Å². The number of carbonyl (C=O) groups is 3. The van der Waals surface area contributed by atoms with E-state index in [4.69, 9.17) is 4.74 Å². The Morgan fingerprint density at radius 3 is 2.60 bits per heavy atom. The van der Waals surface area contributed by atoms with Crippen LogP contribution in [0.4, 0.5) is 5.13 Å². The highest BCUT2D eigenvalue weighted by Crippen LogP contribution is 2.36. The Morgan fingerprint density at radius 1 is 1.15 bits per heavy atom. The maximum atomic E-state index is 13.8. The third kappa shape index (κ3) is 7.45.